The Balaban J connectivity index is 0.000000191. The maximum Gasteiger partial charge on any atom is 0.258 e. The molecule has 4 amide bonds. The van der Waals surface area contributed by atoms with Crippen molar-refractivity contribution in [2.75, 3.05) is 26.3 Å². The van der Waals surface area contributed by atoms with Gasteiger partial charge in [0.2, 0.25) is 23.6 Å². The first-order valence-corrected chi connectivity index (χ1v) is 24.1. The molecule has 0 aromatic carbocycles. The van der Waals surface area contributed by atoms with Crippen molar-refractivity contribution in [1.82, 2.24) is 29.6 Å². The summed E-state index contributed by atoms with van der Waals surface area (Å²) in [6.45, 7) is 8.85. The molecule has 4 bridgehead atoms. The number of aromatic nitrogens is 2. The van der Waals surface area contributed by atoms with Crippen molar-refractivity contribution >= 4 is 35.8 Å². The topological polar surface area (TPSA) is 183 Å². The molecule has 6 aliphatic rings. The Kier molecular flexibility index (Phi) is 15.5. The van der Waals surface area contributed by atoms with Crippen molar-refractivity contribution in [2.24, 2.45) is 35.5 Å². The van der Waals surface area contributed by atoms with Gasteiger partial charge >= 0.3 is 0 Å². The fraction of sp³-hybridized carbons (Fsp3) is 0.640. The van der Waals surface area contributed by atoms with Crippen molar-refractivity contribution in [1.29, 1.82) is 0 Å². The molecule has 2 aliphatic carbocycles. The Bertz CT molecular complexity index is 2050. The fourth-order valence-corrected chi connectivity index (χ4v) is 12.0. The Morgan fingerprint density at radius 2 is 0.984 bits per heavy atom. The van der Waals surface area contributed by atoms with Crippen LogP contribution in [0.3, 0.4) is 0 Å². The third kappa shape index (κ3) is 9.05. The summed E-state index contributed by atoms with van der Waals surface area (Å²) in [5.74, 6) is -1.26. The number of nitrogens with zero attached hydrogens (tertiary/aromatic N) is 4. The lowest BCUT2D eigenvalue weighted by atomic mass is 9.85. The van der Waals surface area contributed by atoms with E-state index in [4.69, 9.17) is 0 Å². The first-order valence-electron chi connectivity index (χ1n) is 24.1. The molecule has 14 heteroatoms. The summed E-state index contributed by atoms with van der Waals surface area (Å²) in [5, 5.41) is 26.9. The number of fused-ring (bicyclic) bond motifs is 8. The predicted molar refractivity (Wildman–Crippen MR) is 245 cm³/mol. The molecule has 0 unspecified atom stereocenters. The number of aliphatic hydroxyl groups excluding tert-OH is 2. The van der Waals surface area contributed by atoms with Crippen LogP contribution in [-0.2, 0) is 32.3 Å². The van der Waals surface area contributed by atoms with E-state index < -0.39 is 35.8 Å². The zero-order chi connectivity index (χ0) is 45.7. The molecule has 0 radical (unpaired) electrons. The molecule has 6 heterocycles. The molecule has 4 fully saturated rings. The number of rotatable bonds is 12. The summed E-state index contributed by atoms with van der Waals surface area (Å²) in [4.78, 5) is 82.6. The Labute approximate surface area is 377 Å². The van der Waals surface area contributed by atoms with Gasteiger partial charge in [0, 0.05) is 86.6 Å². The number of hydrogen-bond donors (Lipinski definition) is 4. The molecule has 0 spiro atoms. The van der Waals surface area contributed by atoms with E-state index in [9.17, 15) is 39.0 Å². The summed E-state index contributed by atoms with van der Waals surface area (Å²) >= 11 is 0. The zero-order valence-corrected chi connectivity index (χ0v) is 38.3. The van der Waals surface area contributed by atoms with Gasteiger partial charge in [-0.2, -0.15) is 0 Å². The molecule has 64 heavy (non-hydrogen) atoms. The van der Waals surface area contributed by atoms with Crippen LogP contribution >= 0.6 is 0 Å². The highest BCUT2D eigenvalue weighted by Gasteiger charge is 2.58. The number of aliphatic hydroxyl groups is 2. The standard InChI is InChI=1S/2C25H35N3O4/c2*1-3-8-17-11-12-19-23-22(24(31)26-13-16-9-6-5-7-10-16)18(15-29)20(14-27(19)25(17)32)28(23)21(30)4-2/h2*3,8,11-12,16,18,20,22-23,29H,4-7,9-10,13-15H2,1-2H3,(H,26,31)/b8-3+;8-3-/t2*18-,20-,22+,23+/m11/s1. The third-order valence-electron chi connectivity index (χ3n) is 15.2. The van der Waals surface area contributed by atoms with Gasteiger partial charge in [0.25, 0.3) is 11.1 Å². The van der Waals surface area contributed by atoms with Crippen molar-refractivity contribution in [3.8, 4) is 0 Å². The number of pyridine rings is 2. The number of carbonyl (C=O) groups excluding carboxylic acids is 4. The van der Waals surface area contributed by atoms with E-state index in [2.05, 4.69) is 10.6 Å². The van der Waals surface area contributed by atoms with Gasteiger partial charge in [-0.15, -0.1) is 0 Å². The lowest BCUT2D eigenvalue weighted by molar-refractivity contribution is -0.137. The van der Waals surface area contributed by atoms with Crippen LogP contribution in [-0.4, -0.2) is 91.2 Å². The van der Waals surface area contributed by atoms with Crippen LogP contribution in [0.25, 0.3) is 12.2 Å². The second kappa shape index (κ2) is 21.0. The van der Waals surface area contributed by atoms with Crippen LogP contribution in [0.4, 0.5) is 0 Å². The van der Waals surface area contributed by atoms with E-state index in [1.165, 1.54) is 38.5 Å². The number of nitrogens with one attached hydrogen (secondary N) is 2. The molecule has 2 saturated heterocycles. The second-order valence-electron chi connectivity index (χ2n) is 18.8. The van der Waals surface area contributed by atoms with Gasteiger partial charge in [-0.1, -0.05) is 76.7 Å². The van der Waals surface area contributed by atoms with Crippen molar-refractivity contribution < 1.29 is 29.4 Å². The lowest BCUT2D eigenvalue weighted by Gasteiger charge is -2.38. The quantitative estimate of drug-likeness (QED) is 0.231. The highest BCUT2D eigenvalue weighted by molar-refractivity contribution is 5.85. The summed E-state index contributed by atoms with van der Waals surface area (Å²) < 4.78 is 3.42. The van der Waals surface area contributed by atoms with Crippen molar-refractivity contribution in [3.05, 3.63) is 79.6 Å². The van der Waals surface area contributed by atoms with Crippen molar-refractivity contribution in [3.63, 3.8) is 0 Å². The van der Waals surface area contributed by atoms with E-state index in [0.717, 1.165) is 25.7 Å². The predicted octanol–water partition coefficient (Wildman–Crippen LogP) is 4.96. The summed E-state index contributed by atoms with van der Waals surface area (Å²) in [6, 6.07) is 5.49. The van der Waals surface area contributed by atoms with Gasteiger partial charge in [0.1, 0.15) is 0 Å². The SMILES string of the molecule is C/C=C/c1ccc2n(c1=O)C[C@@H]1[C@@H](CO)[C@H](C(=O)NCC3CCCCC3)[C@H]2N1C(=O)CC.C/C=C\c1ccc2n(c1=O)C[C@@H]1[C@@H](CO)[C@H](C(=O)NCC3CCCCC3)[C@H]2N1C(=O)CC. The molecule has 8 atom stereocenters. The highest BCUT2D eigenvalue weighted by atomic mass is 16.3. The maximum atomic E-state index is 13.5. The smallest absolute Gasteiger partial charge is 0.258 e. The van der Waals surface area contributed by atoms with Crippen molar-refractivity contribution in [2.45, 2.75) is 142 Å². The third-order valence-corrected chi connectivity index (χ3v) is 15.2. The molecule has 4 aliphatic heterocycles. The van der Waals surface area contributed by atoms with E-state index in [1.54, 1.807) is 43.2 Å². The first kappa shape index (κ1) is 47.2. The average molecular weight is 883 g/mol. The average Bonchev–Trinajstić information content (AvgIpc) is 3.71. The maximum absolute atomic E-state index is 13.5. The minimum absolute atomic E-state index is 0.0442. The summed E-state index contributed by atoms with van der Waals surface area (Å²) in [5.41, 5.74) is 2.33. The Morgan fingerprint density at radius 1 is 0.609 bits per heavy atom. The zero-order valence-electron chi connectivity index (χ0n) is 38.3. The number of allylic oxidation sites excluding steroid dienone is 2. The number of carbonyl (C=O) groups is 4. The van der Waals surface area contributed by atoms with Crippen LogP contribution < -0.4 is 21.8 Å². The molecule has 8 rings (SSSR count). The first-order chi connectivity index (χ1) is 31.0. The van der Waals surface area contributed by atoms with E-state index >= 15 is 0 Å². The van der Waals surface area contributed by atoms with E-state index in [0.29, 0.717) is 73.4 Å². The van der Waals surface area contributed by atoms with Crippen LogP contribution in [0.1, 0.15) is 139 Å². The Hall–Kier alpha value is -4.82. The van der Waals surface area contributed by atoms with Crippen LogP contribution in [0.15, 0.2) is 46.0 Å². The minimum Gasteiger partial charge on any atom is -0.396 e. The minimum atomic E-state index is -0.565. The fourth-order valence-electron chi connectivity index (χ4n) is 12.0. The van der Waals surface area contributed by atoms with Gasteiger partial charge in [-0.25, -0.2) is 0 Å². The molecular formula is C50H70N6O8. The molecule has 348 valence electrons. The Morgan fingerprint density at radius 3 is 1.31 bits per heavy atom. The van der Waals surface area contributed by atoms with Gasteiger partial charge in [-0.05, 0) is 75.6 Å². The molecule has 4 N–H and O–H groups in total. The van der Waals surface area contributed by atoms with Gasteiger partial charge in [0.15, 0.2) is 0 Å². The number of amides is 4. The lowest BCUT2D eigenvalue weighted by Crippen LogP contribution is -2.49. The van der Waals surface area contributed by atoms with Gasteiger partial charge in [0.05, 0.1) is 36.0 Å². The largest absolute Gasteiger partial charge is 0.396 e. The number of hydrogen-bond acceptors (Lipinski definition) is 8. The van der Waals surface area contributed by atoms with Crippen LogP contribution in [0.2, 0.25) is 0 Å². The van der Waals surface area contributed by atoms with E-state index in [-0.39, 0.29) is 60.0 Å². The summed E-state index contributed by atoms with van der Waals surface area (Å²) in [6.07, 6.45) is 19.7. The highest BCUT2D eigenvalue weighted by Crippen LogP contribution is 2.50. The molecule has 14 nitrogen and oxygen atoms in total. The summed E-state index contributed by atoms with van der Waals surface area (Å²) in [7, 11) is 0. The van der Waals surface area contributed by atoms with E-state index in [1.807, 2.05) is 52.0 Å². The normalized spacial score (nSPS) is 27.5. The van der Waals surface area contributed by atoms with Crippen LogP contribution in [0, 0.1) is 35.5 Å². The molecule has 2 aromatic rings. The second-order valence-corrected chi connectivity index (χ2v) is 18.8. The molecule has 2 aromatic heterocycles. The monoisotopic (exact) mass is 883 g/mol. The molecular weight excluding hydrogens is 813 g/mol. The van der Waals surface area contributed by atoms with Gasteiger partial charge in [-0.3, -0.25) is 28.8 Å². The van der Waals surface area contributed by atoms with Crippen LogP contribution in [0.5, 0.6) is 0 Å². The van der Waals surface area contributed by atoms with Gasteiger partial charge < -0.3 is 39.8 Å². The molecule has 2 saturated carbocycles.